The fraction of sp³-hybridized carbons (Fsp3) is 0.600. The summed E-state index contributed by atoms with van der Waals surface area (Å²) in [5.41, 5.74) is 0.589. The first-order valence-electron chi connectivity index (χ1n) is 7.31. The predicted octanol–water partition coefficient (Wildman–Crippen LogP) is 3.01. The molecular weight excluding hydrogens is 308 g/mol. The van der Waals surface area contributed by atoms with Gasteiger partial charge in [0.2, 0.25) is 10.0 Å². The SMILES string of the molecule is CCNCc1ccc(S(=O)(=O)N2CCCC2(C)C)cc1Cl. The van der Waals surface area contributed by atoms with E-state index in [4.69, 9.17) is 11.6 Å². The van der Waals surface area contributed by atoms with Gasteiger partial charge in [-0.15, -0.1) is 0 Å². The highest BCUT2D eigenvalue weighted by atomic mass is 35.5. The molecule has 0 spiro atoms. The maximum absolute atomic E-state index is 12.8. The molecule has 1 aromatic rings. The molecule has 1 aromatic carbocycles. The van der Waals surface area contributed by atoms with E-state index < -0.39 is 10.0 Å². The van der Waals surface area contributed by atoms with Crippen molar-refractivity contribution in [2.75, 3.05) is 13.1 Å². The van der Waals surface area contributed by atoms with E-state index in [0.29, 0.717) is 18.1 Å². The van der Waals surface area contributed by atoms with Crippen LogP contribution in [0.15, 0.2) is 23.1 Å². The molecular formula is C15H23ClN2O2S. The summed E-state index contributed by atoms with van der Waals surface area (Å²) < 4.78 is 27.2. The van der Waals surface area contributed by atoms with Crippen molar-refractivity contribution >= 4 is 21.6 Å². The largest absolute Gasteiger partial charge is 0.313 e. The average Bonchev–Trinajstić information content (AvgIpc) is 2.77. The zero-order valence-electron chi connectivity index (χ0n) is 12.8. The summed E-state index contributed by atoms with van der Waals surface area (Å²) in [6.07, 6.45) is 1.79. The minimum absolute atomic E-state index is 0.280. The third-order valence-corrected chi connectivity index (χ3v) is 6.46. The Balaban J connectivity index is 2.31. The van der Waals surface area contributed by atoms with Gasteiger partial charge in [0.1, 0.15) is 0 Å². The third kappa shape index (κ3) is 3.42. The molecule has 118 valence electrons. The van der Waals surface area contributed by atoms with Gasteiger partial charge in [-0.05, 0) is 50.9 Å². The van der Waals surface area contributed by atoms with Gasteiger partial charge in [-0.1, -0.05) is 24.6 Å². The minimum Gasteiger partial charge on any atom is -0.313 e. The van der Waals surface area contributed by atoms with E-state index in [0.717, 1.165) is 24.9 Å². The number of benzene rings is 1. The van der Waals surface area contributed by atoms with Crippen LogP contribution < -0.4 is 5.32 Å². The van der Waals surface area contributed by atoms with Crippen LogP contribution in [0.2, 0.25) is 5.02 Å². The Hall–Kier alpha value is -0.620. The monoisotopic (exact) mass is 330 g/mol. The van der Waals surface area contributed by atoms with Gasteiger partial charge in [-0.2, -0.15) is 4.31 Å². The summed E-state index contributed by atoms with van der Waals surface area (Å²) >= 11 is 6.23. The summed E-state index contributed by atoms with van der Waals surface area (Å²) in [6.45, 7) is 8.02. The van der Waals surface area contributed by atoms with Crippen molar-refractivity contribution in [1.82, 2.24) is 9.62 Å². The smallest absolute Gasteiger partial charge is 0.243 e. The fourth-order valence-corrected chi connectivity index (χ4v) is 4.93. The molecule has 21 heavy (non-hydrogen) atoms. The van der Waals surface area contributed by atoms with Crippen molar-refractivity contribution in [3.8, 4) is 0 Å². The molecule has 0 aromatic heterocycles. The highest BCUT2D eigenvalue weighted by molar-refractivity contribution is 7.89. The first kappa shape index (κ1) is 16.7. The van der Waals surface area contributed by atoms with Crippen LogP contribution in [0.4, 0.5) is 0 Å². The van der Waals surface area contributed by atoms with E-state index >= 15 is 0 Å². The zero-order valence-corrected chi connectivity index (χ0v) is 14.4. The van der Waals surface area contributed by atoms with Gasteiger partial charge < -0.3 is 5.32 Å². The quantitative estimate of drug-likeness (QED) is 0.902. The second kappa shape index (κ2) is 6.24. The first-order valence-corrected chi connectivity index (χ1v) is 9.13. The number of nitrogens with zero attached hydrogens (tertiary/aromatic N) is 1. The third-order valence-electron chi connectivity index (χ3n) is 4.00. The highest BCUT2D eigenvalue weighted by Crippen LogP contribution is 2.34. The second-order valence-electron chi connectivity index (χ2n) is 6.03. The molecule has 0 radical (unpaired) electrons. The molecule has 1 aliphatic rings. The predicted molar refractivity (Wildman–Crippen MR) is 86.0 cm³/mol. The van der Waals surface area contributed by atoms with Crippen LogP contribution in [-0.4, -0.2) is 31.4 Å². The number of halogens is 1. The van der Waals surface area contributed by atoms with Gasteiger partial charge in [0, 0.05) is 23.7 Å². The Morgan fingerprint density at radius 3 is 2.62 bits per heavy atom. The van der Waals surface area contributed by atoms with Crippen LogP contribution in [0.3, 0.4) is 0 Å². The standard InChI is InChI=1S/C15H23ClN2O2S/c1-4-17-11-12-6-7-13(10-14(12)16)21(19,20)18-9-5-8-15(18,2)3/h6-7,10,17H,4-5,8-9,11H2,1-3H3. The fourth-order valence-electron chi connectivity index (χ4n) is 2.75. The second-order valence-corrected chi connectivity index (χ2v) is 8.30. The van der Waals surface area contributed by atoms with Crippen LogP contribution in [-0.2, 0) is 16.6 Å². The van der Waals surface area contributed by atoms with Crippen LogP contribution in [0.5, 0.6) is 0 Å². The molecule has 1 fully saturated rings. The van der Waals surface area contributed by atoms with E-state index in [2.05, 4.69) is 5.32 Å². The van der Waals surface area contributed by atoms with Crippen molar-refractivity contribution < 1.29 is 8.42 Å². The summed E-state index contributed by atoms with van der Waals surface area (Å²) in [5, 5.41) is 3.68. The van der Waals surface area contributed by atoms with Crippen molar-refractivity contribution in [2.24, 2.45) is 0 Å². The molecule has 1 aliphatic heterocycles. The topological polar surface area (TPSA) is 49.4 Å². The lowest BCUT2D eigenvalue weighted by Gasteiger charge is -2.30. The summed E-state index contributed by atoms with van der Waals surface area (Å²) in [5.74, 6) is 0. The summed E-state index contributed by atoms with van der Waals surface area (Å²) in [6, 6.07) is 5.02. The van der Waals surface area contributed by atoms with Crippen LogP contribution in [0.25, 0.3) is 0 Å². The number of rotatable bonds is 5. The molecule has 0 amide bonds. The number of hydrogen-bond donors (Lipinski definition) is 1. The Morgan fingerprint density at radius 1 is 1.38 bits per heavy atom. The maximum Gasteiger partial charge on any atom is 0.243 e. The van der Waals surface area contributed by atoms with E-state index in [1.807, 2.05) is 20.8 Å². The number of sulfonamides is 1. The van der Waals surface area contributed by atoms with Gasteiger partial charge in [0.05, 0.1) is 4.90 Å². The molecule has 0 aliphatic carbocycles. The Bertz CT molecular complexity index is 614. The highest BCUT2D eigenvalue weighted by Gasteiger charge is 2.40. The lowest BCUT2D eigenvalue weighted by Crippen LogP contribution is -2.42. The van der Waals surface area contributed by atoms with E-state index in [9.17, 15) is 8.42 Å². The van der Waals surface area contributed by atoms with Crippen molar-refractivity contribution in [1.29, 1.82) is 0 Å². The molecule has 0 atom stereocenters. The lowest BCUT2D eigenvalue weighted by molar-refractivity contribution is 0.291. The molecule has 1 heterocycles. The van der Waals surface area contributed by atoms with Crippen LogP contribution in [0, 0.1) is 0 Å². The van der Waals surface area contributed by atoms with Gasteiger partial charge in [0.15, 0.2) is 0 Å². The van der Waals surface area contributed by atoms with Gasteiger partial charge in [-0.25, -0.2) is 8.42 Å². The Morgan fingerprint density at radius 2 is 2.10 bits per heavy atom. The van der Waals surface area contributed by atoms with E-state index in [1.165, 1.54) is 0 Å². The molecule has 1 saturated heterocycles. The Labute approximate surface area is 132 Å². The zero-order chi connectivity index (χ0) is 15.7. The number of nitrogens with one attached hydrogen (secondary N) is 1. The van der Waals surface area contributed by atoms with Gasteiger partial charge >= 0.3 is 0 Å². The van der Waals surface area contributed by atoms with E-state index in [1.54, 1.807) is 22.5 Å². The molecule has 6 heteroatoms. The van der Waals surface area contributed by atoms with Crippen molar-refractivity contribution in [2.45, 2.75) is 50.6 Å². The Kier molecular flexibility index (Phi) is 4.98. The minimum atomic E-state index is -3.48. The molecule has 0 saturated carbocycles. The maximum atomic E-state index is 12.8. The summed E-state index contributed by atoms with van der Waals surface area (Å²) in [7, 11) is -3.48. The van der Waals surface area contributed by atoms with Crippen LogP contribution >= 0.6 is 11.6 Å². The molecule has 0 bridgehead atoms. The first-order chi connectivity index (χ1) is 9.79. The molecule has 2 rings (SSSR count). The normalized spacial score (nSPS) is 19.0. The van der Waals surface area contributed by atoms with E-state index in [-0.39, 0.29) is 10.4 Å². The van der Waals surface area contributed by atoms with Crippen LogP contribution in [0.1, 0.15) is 39.2 Å². The van der Waals surface area contributed by atoms with Crippen molar-refractivity contribution in [3.63, 3.8) is 0 Å². The summed E-state index contributed by atoms with van der Waals surface area (Å²) in [4.78, 5) is 0.280. The molecule has 4 nitrogen and oxygen atoms in total. The molecule has 1 N–H and O–H groups in total. The average molecular weight is 331 g/mol. The molecule has 0 unspecified atom stereocenters. The lowest BCUT2D eigenvalue weighted by atomic mass is 10.0. The number of hydrogen-bond acceptors (Lipinski definition) is 3. The van der Waals surface area contributed by atoms with Crippen molar-refractivity contribution in [3.05, 3.63) is 28.8 Å². The van der Waals surface area contributed by atoms with Gasteiger partial charge in [-0.3, -0.25) is 0 Å². The van der Waals surface area contributed by atoms with Gasteiger partial charge in [0.25, 0.3) is 0 Å².